The molecule has 2 aromatic carbocycles. The Labute approximate surface area is 146 Å². The molecule has 0 N–H and O–H groups in total. The van der Waals surface area contributed by atoms with Crippen molar-refractivity contribution in [2.24, 2.45) is 0 Å². The molecule has 7 nitrogen and oxygen atoms in total. The van der Waals surface area contributed by atoms with Crippen molar-refractivity contribution in [1.29, 1.82) is 0 Å². The van der Waals surface area contributed by atoms with E-state index in [4.69, 9.17) is 13.8 Å². The van der Waals surface area contributed by atoms with Gasteiger partial charge in [-0.1, -0.05) is 22.4 Å². The lowest BCUT2D eigenvalue weighted by molar-refractivity contribution is -0.145. The van der Waals surface area contributed by atoms with Gasteiger partial charge in [-0.3, -0.25) is 4.79 Å². The van der Waals surface area contributed by atoms with Gasteiger partial charge < -0.3 is 13.8 Å². The molecule has 0 bridgehead atoms. The Morgan fingerprint density at radius 3 is 2.69 bits per heavy atom. The lowest BCUT2D eigenvalue weighted by Gasteiger charge is -1.99. The molecule has 4 rings (SSSR count). The highest BCUT2D eigenvalue weighted by molar-refractivity contribution is 5.84. The van der Waals surface area contributed by atoms with Crippen LogP contribution in [0.5, 0.6) is 0 Å². The number of benzene rings is 2. The van der Waals surface area contributed by atoms with Gasteiger partial charge >= 0.3 is 5.97 Å². The first-order valence-electron chi connectivity index (χ1n) is 7.76. The second-order valence-electron chi connectivity index (χ2n) is 5.48. The van der Waals surface area contributed by atoms with E-state index in [0.717, 1.165) is 5.39 Å². The SMILES string of the molecule is O=C(Cc1noc2ccccc12)OCc1nc(-c2ccc(F)cc2)no1. The van der Waals surface area contributed by atoms with Gasteiger partial charge in [0.2, 0.25) is 5.82 Å². The van der Waals surface area contributed by atoms with E-state index in [2.05, 4.69) is 15.3 Å². The predicted octanol–water partition coefficient (Wildman–Crippen LogP) is 3.30. The molecule has 26 heavy (non-hydrogen) atoms. The number of halogens is 1. The van der Waals surface area contributed by atoms with Crippen molar-refractivity contribution in [2.45, 2.75) is 13.0 Å². The number of esters is 1. The van der Waals surface area contributed by atoms with Crippen molar-refractivity contribution in [3.8, 4) is 11.4 Å². The Morgan fingerprint density at radius 2 is 1.85 bits per heavy atom. The summed E-state index contributed by atoms with van der Waals surface area (Å²) in [6, 6.07) is 12.9. The summed E-state index contributed by atoms with van der Waals surface area (Å²) in [6.07, 6.45) is -0.0318. The second-order valence-corrected chi connectivity index (χ2v) is 5.48. The number of ether oxygens (including phenoxy) is 1. The molecule has 0 atom stereocenters. The van der Waals surface area contributed by atoms with Crippen LogP contribution in [0.25, 0.3) is 22.4 Å². The van der Waals surface area contributed by atoms with E-state index in [1.54, 1.807) is 6.07 Å². The van der Waals surface area contributed by atoms with Crippen LogP contribution in [0.4, 0.5) is 4.39 Å². The van der Waals surface area contributed by atoms with E-state index in [1.807, 2.05) is 18.2 Å². The maximum Gasteiger partial charge on any atom is 0.312 e. The number of hydrogen-bond donors (Lipinski definition) is 0. The monoisotopic (exact) mass is 353 g/mol. The molecule has 0 unspecified atom stereocenters. The van der Waals surface area contributed by atoms with E-state index >= 15 is 0 Å². The molecule has 0 saturated heterocycles. The van der Waals surface area contributed by atoms with Crippen molar-refractivity contribution in [3.05, 3.63) is 65.9 Å². The number of carbonyl (C=O) groups is 1. The molecule has 0 saturated carbocycles. The summed E-state index contributed by atoms with van der Waals surface area (Å²) in [4.78, 5) is 16.1. The van der Waals surface area contributed by atoms with Crippen LogP contribution in [0.3, 0.4) is 0 Å². The van der Waals surface area contributed by atoms with Crippen LogP contribution in [-0.2, 0) is 22.6 Å². The van der Waals surface area contributed by atoms with Crippen LogP contribution < -0.4 is 0 Å². The smallest absolute Gasteiger partial charge is 0.312 e. The second kappa shape index (κ2) is 6.75. The fraction of sp³-hybridized carbons (Fsp3) is 0.111. The third-order valence-electron chi connectivity index (χ3n) is 3.69. The molecular weight excluding hydrogens is 341 g/mol. The molecular formula is C18H12FN3O4. The van der Waals surface area contributed by atoms with Crippen molar-refractivity contribution in [2.75, 3.05) is 0 Å². The van der Waals surface area contributed by atoms with Gasteiger partial charge in [0, 0.05) is 10.9 Å². The van der Waals surface area contributed by atoms with Crippen molar-refractivity contribution >= 4 is 16.9 Å². The van der Waals surface area contributed by atoms with E-state index < -0.39 is 5.97 Å². The van der Waals surface area contributed by atoms with Gasteiger partial charge in [-0.25, -0.2) is 4.39 Å². The molecule has 0 radical (unpaired) electrons. The van der Waals surface area contributed by atoms with Gasteiger partial charge in [0.15, 0.2) is 12.2 Å². The number of para-hydroxylation sites is 1. The fourth-order valence-corrected chi connectivity index (χ4v) is 2.43. The Balaban J connectivity index is 1.38. The molecule has 4 aromatic rings. The zero-order valence-electron chi connectivity index (χ0n) is 13.4. The summed E-state index contributed by atoms with van der Waals surface area (Å²) in [6.45, 7) is -0.164. The van der Waals surface area contributed by atoms with E-state index in [1.165, 1.54) is 24.3 Å². The van der Waals surface area contributed by atoms with Crippen LogP contribution in [-0.4, -0.2) is 21.3 Å². The molecule has 0 aliphatic carbocycles. The van der Waals surface area contributed by atoms with E-state index in [0.29, 0.717) is 22.7 Å². The van der Waals surface area contributed by atoms with Crippen LogP contribution in [0, 0.1) is 5.82 Å². The van der Waals surface area contributed by atoms with Gasteiger partial charge in [-0.05, 0) is 36.4 Å². The first-order chi connectivity index (χ1) is 12.7. The molecule has 0 fully saturated rings. The van der Waals surface area contributed by atoms with Crippen LogP contribution >= 0.6 is 0 Å². The molecule has 0 aliphatic heterocycles. The summed E-state index contributed by atoms with van der Waals surface area (Å²) in [5.41, 5.74) is 1.71. The Hall–Kier alpha value is -3.55. The Bertz CT molecular complexity index is 1060. The lowest BCUT2D eigenvalue weighted by atomic mass is 10.2. The highest BCUT2D eigenvalue weighted by Gasteiger charge is 2.15. The van der Waals surface area contributed by atoms with Gasteiger partial charge in [0.05, 0.1) is 6.42 Å². The first kappa shape index (κ1) is 15.9. The number of hydrogen-bond acceptors (Lipinski definition) is 7. The highest BCUT2D eigenvalue weighted by atomic mass is 19.1. The van der Waals surface area contributed by atoms with Crippen molar-refractivity contribution in [3.63, 3.8) is 0 Å². The summed E-state index contributed by atoms with van der Waals surface area (Å²) in [5, 5.41) is 8.43. The average molecular weight is 353 g/mol. The summed E-state index contributed by atoms with van der Waals surface area (Å²) >= 11 is 0. The average Bonchev–Trinajstić information content (AvgIpc) is 3.28. The minimum atomic E-state index is -0.495. The van der Waals surface area contributed by atoms with Crippen LogP contribution in [0.2, 0.25) is 0 Å². The summed E-state index contributed by atoms with van der Waals surface area (Å²) < 4.78 is 28.3. The van der Waals surface area contributed by atoms with Crippen LogP contribution in [0.15, 0.2) is 57.6 Å². The van der Waals surface area contributed by atoms with E-state index in [9.17, 15) is 9.18 Å². The fourth-order valence-electron chi connectivity index (χ4n) is 2.43. The summed E-state index contributed by atoms with van der Waals surface area (Å²) in [7, 11) is 0. The lowest BCUT2D eigenvalue weighted by Crippen LogP contribution is -2.08. The number of fused-ring (bicyclic) bond motifs is 1. The maximum absolute atomic E-state index is 12.9. The van der Waals surface area contributed by atoms with Crippen LogP contribution in [0.1, 0.15) is 11.6 Å². The first-order valence-corrected chi connectivity index (χ1v) is 7.76. The standard InChI is InChI=1S/C18H12FN3O4/c19-12-7-5-11(6-8-12)18-20-16(26-22-18)10-24-17(23)9-14-13-3-1-2-4-15(13)25-21-14/h1-8H,9-10H2. The maximum atomic E-state index is 12.9. The van der Waals surface area contributed by atoms with Crippen molar-refractivity contribution < 1.29 is 23.0 Å². The zero-order valence-corrected chi connectivity index (χ0v) is 13.4. The molecule has 0 spiro atoms. The molecule has 0 amide bonds. The van der Waals surface area contributed by atoms with Gasteiger partial charge in [-0.15, -0.1) is 0 Å². The number of carbonyl (C=O) groups excluding carboxylic acids is 1. The molecule has 8 heteroatoms. The third kappa shape index (κ3) is 3.30. The normalized spacial score (nSPS) is 11.0. The minimum Gasteiger partial charge on any atom is -0.455 e. The predicted molar refractivity (Wildman–Crippen MR) is 87.2 cm³/mol. The van der Waals surface area contributed by atoms with E-state index in [-0.39, 0.29) is 24.7 Å². The van der Waals surface area contributed by atoms with Gasteiger partial charge in [0.25, 0.3) is 5.89 Å². The number of rotatable bonds is 5. The summed E-state index contributed by atoms with van der Waals surface area (Å²) in [5.74, 6) is -0.418. The molecule has 130 valence electrons. The van der Waals surface area contributed by atoms with Gasteiger partial charge in [0.1, 0.15) is 11.5 Å². The largest absolute Gasteiger partial charge is 0.455 e. The quantitative estimate of drug-likeness (QED) is 0.508. The molecule has 2 heterocycles. The Kier molecular flexibility index (Phi) is 4.14. The zero-order chi connectivity index (χ0) is 17.9. The molecule has 2 aromatic heterocycles. The minimum absolute atomic E-state index is 0.0318. The number of nitrogens with zero attached hydrogens (tertiary/aromatic N) is 3. The topological polar surface area (TPSA) is 91.2 Å². The third-order valence-corrected chi connectivity index (χ3v) is 3.69. The molecule has 0 aliphatic rings. The van der Waals surface area contributed by atoms with Gasteiger partial charge in [-0.2, -0.15) is 4.98 Å². The Morgan fingerprint density at radius 1 is 1.04 bits per heavy atom. The highest BCUT2D eigenvalue weighted by Crippen LogP contribution is 2.19. The van der Waals surface area contributed by atoms with Crippen molar-refractivity contribution in [1.82, 2.24) is 15.3 Å². The number of aromatic nitrogens is 3.